The van der Waals surface area contributed by atoms with Gasteiger partial charge in [-0.25, -0.2) is 4.79 Å². The van der Waals surface area contributed by atoms with Crippen molar-refractivity contribution in [3.8, 4) is 11.8 Å². The molecule has 0 aliphatic heterocycles. The molecule has 25 heavy (non-hydrogen) atoms. The quantitative estimate of drug-likeness (QED) is 0.808. The first-order chi connectivity index (χ1) is 11.9. The lowest BCUT2D eigenvalue weighted by Gasteiger charge is -2.19. The Morgan fingerprint density at radius 3 is 2.52 bits per heavy atom. The number of nitriles is 1. The van der Waals surface area contributed by atoms with Gasteiger partial charge in [-0.15, -0.1) is 0 Å². The highest BCUT2D eigenvalue weighted by Gasteiger charge is 2.12. The van der Waals surface area contributed by atoms with Gasteiger partial charge in [-0.1, -0.05) is 39.0 Å². The lowest BCUT2D eigenvalue weighted by molar-refractivity contribution is 0.247. The highest BCUT2D eigenvalue weighted by atomic mass is 16.5. The maximum Gasteiger partial charge on any atom is 0.319 e. The molecule has 0 aliphatic rings. The van der Waals surface area contributed by atoms with Crippen molar-refractivity contribution in [2.24, 2.45) is 0 Å². The third kappa shape index (κ3) is 5.85. The van der Waals surface area contributed by atoms with E-state index in [2.05, 4.69) is 43.5 Å². The summed E-state index contributed by atoms with van der Waals surface area (Å²) in [5.41, 5.74) is 2.44. The van der Waals surface area contributed by atoms with Crippen LogP contribution in [0.4, 0.5) is 10.5 Å². The van der Waals surface area contributed by atoms with Crippen molar-refractivity contribution < 1.29 is 9.53 Å². The molecule has 0 aromatic heterocycles. The van der Waals surface area contributed by atoms with Crippen LogP contribution in [0.25, 0.3) is 0 Å². The predicted molar refractivity (Wildman–Crippen MR) is 98.8 cm³/mol. The number of amides is 2. The number of carbonyl (C=O) groups is 1. The summed E-state index contributed by atoms with van der Waals surface area (Å²) >= 11 is 0. The molecule has 5 heteroatoms. The molecule has 0 spiro atoms. The maximum absolute atomic E-state index is 11.8. The van der Waals surface area contributed by atoms with E-state index < -0.39 is 0 Å². The second-order valence-corrected chi connectivity index (χ2v) is 6.70. The van der Waals surface area contributed by atoms with E-state index in [9.17, 15) is 4.79 Å². The molecule has 5 nitrogen and oxygen atoms in total. The van der Waals surface area contributed by atoms with Crippen molar-refractivity contribution >= 4 is 11.7 Å². The first kappa shape index (κ1) is 18.3. The van der Waals surface area contributed by atoms with Crippen molar-refractivity contribution in [1.82, 2.24) is 5.32 Å². The number of nitrogens with one attached hydrogen (secondary N) is 2. The molecule has 0 atom stereocenters. The Balaban J connectivity index is 1.73. The largest absolute Gasteiger partial charge is 0.492 e. The Labute approximate surface area is 148 Å². The zero-order valence-corrected chi connectivity index (χ0v) is 14.8. The van der Waals surface area contributed by atoms with Crippen LogP contribution in [0.15, 0.2) is 48.5 Å². The summed E-state index contributed by atoms with van der Waals surface area (Å²) in [6.07, 6.45) is 0. The highest BCUT2D eigenvalue weighted by Crippen LogP contribution is 2.24. The van der Waals surface area contributed by atoms with Crippen LogP contribution in [0.3, 0.4) is 0 Å². The summed E-state index contributed by atoms with van der Waals surface area (Å²) in [6, 6.07) is 16.4. The first-order valence-electron chi connectivity index (χ1n) is 8.17. The molecular formula is C20H23N3O2. The first-order valence-corrected chi connectivity index (χ1v) is 8.17. The number of benzene rings is 2. The molecule has 2 N–H and O–H groups in total. The van der Waals surface area contributed by atoms with E-state index in [1.807, 2.05) is 18.2 Å². The van der Waals surface area contributed by atoms with Gasteiger partial charge < -0.3 is 15.4 Å². The Kier molecular flexibility index (Phi) is 6.02. The Morgan fingerprint density at radius 2 is 1.88 bits per heavy atom. The van der Waals surface area contributed by atoms with Gasteiger partial charge in [0.2, 0.25) is 0 Å². The van der Waals surface area contributed by atoms with Gasteiger partial charge >= 0.3 is 6.03 Å². The molecule has 130 valence electrons. The topological polar surface area (TPSA) is 74.2 Å². The Bertz CT molecular complexity index is 756. The van der Waals surface area contributed by atoms with Crippen LogP contribution in [-0.2, 0) is 5.41 Å². The average Bonchev–Trinajstić information content (AvgIpc) is 2.58. The van der Waals surface area contributed by atoms with Gasteiger partial charge in [0.25, 0.3) is 0 Å². The van der Waals surface area contributed by atoms with Crippen LogP contribution >= 0.6 is 0 Å². The molecule has 2 aromatic carbocycles. The normalized spacial score (nSPS) is 10.6. The zero-order chi connectivity index (χ0) is 18.3. The number of ether oxygens (including phenoxy) is 1. The van der Waals surface area contributed by atoms with Gasteiger partial charge in [0.15, 0.2) is 0 Å². The predicted octanol–water partition coefficient (Wildman–Crippen LogP) is 4.06. The average molecular weight is 337 g/mol. The number of nitrogens with zero attached hydrogens (tertiary/aromatic N) is 1. The van der Waals surface area contributed by atoms with Crippen molar-refractivity contribution in [3.05, 3.63) is 59.7 Å². The van der Waals surface area contributed by atoms with Gasteiger partial charge in [-0.3, -0.25) is 0 Å². The molecule has 0 bridgehead atoms. The summed E-state index contributed by atoms with van der Waals surface area (Å²) in [4.78, 5) is 11.8. The van der Waals surface area contributed by atoms with Crippen molar-refractivity contribution in [2.45, 2.75) is 26.2 Å². The molecule has 0 radical (unpaired) electrons. The number of carbonyl (C=O) groups excluding carboxylic acids is 1. The highest BCUT2D eigenvalue weighted by molar-refractivity contribution is 5.89. The molecule has 0 heterocycles. The van der Waals surface area contributed by atoms with Crippen LogP contribution in [0.2, 0.25) is 0 Å². The summed E-state index contributed by atoms with van der Waals surface area (Å²) in [6.45, 7) is 7.25. The number of urea groups is 1. The number of hydrogen-bond acceptors (Lipinski definition) is 3. The minimum absolute atomic E-state index is 0.112. The summed E-state index contributed by atoms with van der Waals surface area (Å²) in [5.74, 6) is 0.775. The molecule has 0 saturated carbocycles. The molecule has 0 fully saturated rings. The molecule has 0 saturated heterocycles. The lowest BCUT2D eigenvalue weighted by atomic mass is 9.87. The maximum atomic E-state index is 11.8. The number of hydrogen-bond donors (Lipinski definition) is 2. The van der Waals surface area contributed by atoms with Crippen molar-refractivity contribution in [3.63, 3.8) is 0 Å². The van der Waals surface area contributed by atoms with E-state index in [1.165, 1.54) is 5.56 Å². The minimum atomic E-state index is -0.332. The fraction of sp³-hybridized carbons (Fsp3) is 0.300. The third-order valence-corrected chi connectivity index (χ3v) is 3.63. The smallest absolute Gasteiger partial charge is 0.319 e. The fourth-order valence-corrected chi connectivity index (χ4v) is 2.23. The van der Waals surface area contributed by atoms with Gasteiger partial charge in [-0.05, 0) is 41.3 Å². The van der Waals surface area contributed by atoms with E-state index in [0.29, 0.717) is 24.4 Å². The van der Waals surface area contributed by atoms with Crippen LogP contribution in [0, 0.1) is 11.3 Å². The van der Waals surface area contributed by atoms with Crippen molar-refractivity contribution in [2.75, 3.05) is 18.5 Å². The third-order valence-electron chi connectivity index (χ3n) is 3.63. The van der Waals surface area contributed by atoms with Gasteiger partial charge in [0, 0.05) is 5.69 Å². The molecule has 2 amide bonds. The van der Waals surface area contributed by atoms with E-state index in [-0.39, 0.29) is 11.4 Å². The van der Waals surface area contributed by atoms with E-state index in [0.717, 1.165) is 5.75 Å². The van der Waals surface area contributed by atoms with Crippen LogP contribution in [-0.4, -0.2) is 19.2 Å². The monoisotopic (exact) mass is 337 g/mol. The Hall–Kier alpha value is -3.00. The van der Waals surface area contributed by atoms with E-state index in [1.54, 1.807) is 24.3 Å². The number of rotatable bonds is 5. The zero-order valence-electron chi connectivity index (χ0n) is 14.8. The van der Waals surface area contributed by atoms with E-state index in [4.69, 9.17) is 10.00 Å². The summed E-state index contributed by atoms with van der Waals surface area (Å²) in [7, 11) is 0. The molecule has 2 rings (SSSR count). The standard InChI is InChI=1S/C20H23N3O2/c1-20(2,3)16-7-9-18(10-8-16)25-12-11-22-19(24)23-17-6-4-5-15(13-17)14-21/h4-10,13H,11-12H2,1-3H3,(H2,22,23,24). The summed E-state index contributed by atoms with van der Waals surface area (Å²) in [5, 5.41) is 14.2. The SMILES string of the molecule is CC(C)(C)c1ccc(OCCNC(=O)Nc2cccc(C#N)c2)cc1. The number of anilines is 1. The van der Waals surface area contributed by atoms with Gasteiger partial charge in [0.05, 0.1) is 18.2 Å². The fourth-order valence-electron chi connectivity index (χ4n) is 2.23. The lowest BCUT2D eigenvalue weighted by Crippen LogP contribution is -2.32. The molecule has 2 aromatic rings. The molecule has 0 aliphatic carbocycles. The second kappa shape index (κ2) is 8.20. The van der Waals surface area contributed by atoms with E-state index >= 15 is 0 Å². The van der Waals surface area contributed by atoms with Crippen molar-refractivity contribution in [1.29, 1.82) is 5.26 Å². The van der Waals surface area contributed by atoms with Gasteiger partial charge in [0.1, 0.15) is 12.4 Å². The summed E-state index contributed by atoms with van der Waals surface area (Å²) < 4.78 is 5.63. The minimum Gasteiger partial charge on any atom is -0.492 e. The van der Waals surface area contributed by atoms with Crippen LogP contribution < -0.4 is 15.4 Å². The van der Waals surface area contributed by atoms with Crippen LogP contribution in [0.1, 0.15) is 31.9 Å². The molecule has 0 unspecified atom stereocenters. The molecular weight excluding hydrogens is 314 g/mol. The van der Waals surface area contributed by atoms with Crippen LogP contribution in [0.5, 0.6) is 5.75 Å². The second-order valence-electron chi connectivity index (χ2n) is 6.70. The van der Waals surface area contributed by atoms with Gasteiger partial charge in [-0.2, -0.15) is 5.26 Å². The Morgan fingerprint density at radius 1 is 1.16 bits per heavy atom.